The maximum Gasteiger partial charge on any atom is 0.227 e. The van der Waals surface area contributed by atoms with Gasteiger partial charge in [0.15, 0.2) is 0 Å². The first-order valence-corrected chi connectivity index (χ1v) is 7.66. The van der Waals surface area contributed by atoms with Crippen LogP contribution in [0.3, 0.4) is 0 Å². The van der Waals surface area contributed by atoms with Crippen molar-refractivity contribution in [2.45, 2.75) is 26.2 Å². The van der Waals surface area contributed by atoms with Gasteiger partial charge in [0.05, 0.1) is 6.42 Å². The Morgan fingerprint density at radius 3 is 2.42 bits per heavy atom. The molecule has 0 bridgehead atoms. The van der Waals surface area contributed by atoms with Crippen LogP contribution >= 0.6 is 11.3 Å². The molecule has 1 aromatic rings. The summed E-state index contributed by atoms with van der Waals surface area (Å²) in [5, 5.41) is 1.99. The van der Waals surface area contributed by atoms with Crippen molar-refractivity contribution in [3.05, 3.63) is 22.4 Å². The van der Waals surface area contributed by atoms with E-state index in [2.05, 4.69) is 0 Å². The molecule has 2 amide bonds. The molecule has 4 nitrogen and oxygen atoms in total. The highest BCUT2D eigenvalue weighted by Gasteiger charge is 2.21. The predicted octanol–water partition coefficient (Wildman–Crippen LogP) is 1.76. The molecule has 1 fully saturated rings. The van der Waals surface area contributed by atoms with Crippen molar-refractivity contribution in [3.63, 3.8) is 0 Å². The topological polar surface area (TPSA) is 40.6 Å². The minimum atomic E-state index is 0.174. The Kier molecular flexibility index (Phi) is 4.96. The Morgan fingerprint density at radius 2 is 1.84 bits per heavy atom. The molecule has 0 spiro atoms. The van der Waals surface area contributed by atoms with Gasteiger partial charge < -0.3 is 9.80 Å². The molecule has 2 heterocycles. The molecular weight excluding hydrogens is 260 g/mol. The number of thiophene rings is 1. The van der Waals surface area contributed by atoms with E-state index in [0.717, 1.165) is 24.4 Å². The molecule has 1 aliphatic rings. The normalized spacial score (nSPS) is 16.3. The molecule has 5 heteroatoms. The summed E-state index contributed by atoms with van der Waals surface area (Å²) < 4.78 is 0. The van der Waals surface area contributed by atoms with Crippen LogP contribution in [0.25, 0.3) is 0 Å². The summed E-state index contributed by atoms with van der Waals surface area (Å²) in [6, 6.07) is 3.96. The number of hydrogen-bond acceptors (Lipinski definition) is 3. The van der Waals surface area contributed by atoms with Gasteiger partial charge in [-0.25, -0.2) is 0 Å². The molecule has 1 aromatic heterocycles. The van der Waals surface area contributed by atoms with Crippen molar-refractivity contribution >= 4 is 23.2 Å². The Labute approximate surface area is 118 Å². The lowest BCUT2D eigenvalue weighted by Gasteiger charge is -2.21. The fraction of sp³-hybridized carbons (Fsp3) is 0.571. The SMILES string of the molecule is CCC(=O)N1CCCN(C(=O)Cc2cccs2)CC1. The summed E-state index contributed by atoms with van der Waals surface area (Å²) in [6.07, 6.45) is 1.91. The third-order valence-corrected chi connectivity index (χ3v) is 4.29. The molecular formula is C14H20N2O2S. The number of carbonyl (C=O) groups excluding carboxylic acids is 2. The van der Waals surface area contributed by atoms with Crippen LogP contribution in [-0.4, -0.2) is 47.8 Å². The Balaban J connectivity index is 1.88. The third kappa shape index (κ3) is 3.80. The fourth-order valence-electron chi connectivity index (χ4n) is 2.31. The molecule has 1 aliphatic heterocycles. The lowest BCUT2D eigenvalue weighted by Crippen LogP contribution is -2.37. The van der Waals surface area contributed by atoms with Gasteiger partial charge in [0, 0.05) is 37.5 Å². The lowest BCUT2D eigenvalue weighted by atomic mass is 10.3. The van der Waals surface area contributed by atoms with E-state index in [4.69, 9.17) is 0 Å². The van der Waals surface area contributed by atoms with E-state index < -0.39 is 0 Å². The van der Waals surface area contributed by atoms with Gasteiger partial charge in [0.1, 0.15) is 0 Å². The molecule has 0 radical (unpaired) electrons. The van der Waals surface area contributed by atoms with Crippen molar-refractivity contribution in [2.24, 2.45) is 0 Å². The number of nitrogens with zero attached hydrogens (tertiary/aromatic N) is 2. The molecule has 0 saturated carbocycles. The number of carbonyl (C=O) groups is 2. The van der Waals surface area contributed by atoms with Crippen LogP contribution in [0, 0.1) is 0 Å². The summed E-state index contributed by atoms with van der Waals surface area (Å²) in [7, 11) is 0. The zero-order valence-corrected chi connectivity index (χ0v) is 12.1. The molecule has 2 rings (SSSR count). The molecule has 1 saturated heterocycles. The highest BCUT2D eigenvalue weighted by molar-refractivity contribution is 7.10. The molecule has 0 unspecified atom stereocenters. The molecule has 0 atom stereocenters. The molecule has 19 heavy (non-hydrogen) atoms. The van der Waals surface area contributed by atoms with E-state index in [-0.39, 0.29) is 11.8 Å². The third-order valence-electron chi connectivity index (χ3n) is 3.41. The first-order valence-electron chi connectivity index (χ1n) is 6.78. The van der Waals surface area contributed by atoms with Crippen LogP contribution < -0.4 is 0 Å². The second kappa shape index (κ2) is 6.70. The van der Waals surface area contributed by atoms with E-state index in [9.17, 15) is 9.59 Å². The summed E-state index contributed by atoms with van der Waals surface area (Å²) in [5.74, 6) is 0.362. The number of hydrogen-bond donors (Lipinski definition) is 0. The Hall–Kier alpha value is -1.36. The van der Waals surface area contributed by atoms with Crippen LogP contribution in [0.15, 0.2) is 17.5 Å². The molecule has 0 aromatic carbocycles. The standard InChI is InChI=1S/C14H20N2O2S/c1-2-13(17)15-6-4-7-16(9-8-15)14(18)11-12-5-3-10-19-12/h3,5,10H,2,4,6-9,11H2,1H3. The maximum absolute atomic E-state index is 12.2. The van der Waals surface area contributed by atoms with Crippen molar-refractivity contribution < 1.29 is 9.59 Å². The monoisotopic (exact) mass is 280 g/mol. The zero-order valence-electron chi connectivity index (χ0n) is 11.3. The highest BCUT2D eigenvalue weighted by Crippen LogP contribution is 2.12. The van der Waals surface area contributed by atoms with Crippen LogP contribution in [0.2, 0.25) is 0 Å². The van der Waals surface area contributed by atoms with Crippen LogP contribution in [0.1, 0.15) is 24.6 Å². The van der Waals surface area contributed by atoms with Gasteiger partial charge in [-0.15, -0.1) is 11.3 Å². The van der Waals surface area contributed by atoms with Crippen LogP contribution in [-0.2, 0) is 16.0 Å². The van der Waals surface area contributed by atoms with Gasteiger partial charge in [-0.3, -0.25) is 9.59 Å². The maximum atomic E-state index is 12.2. The van der Waals surface area contributed by atoms with Gasteiger partial charge in [-0.2, -0.15) is 0 Å². The van der Waals surface area contributed by atoms with Gasteiger partial charge in [0.25, 0.3) is 0 Å². The second-order valence-corrected chi connectivity index (χ2v) is 5.76. The highest BCUT2D eigenvalue weighted by atomic mass is 32.1. The van der Waals surface area contributed by atoms with Gasteiger partial charge in [0.2, 0.25) is 11.8 Å². The first kappa shape index (κ1) is 14.1. The largest absolute Gasteiger partial charge is 0.341 e. The van der Waals surface area contributed by atoms with E-state index in [1.54, 1.807) is 11.3 Å². The van der Waals surface area contributed by atoms with Gasteiger partial charge >= 0.3 is 0 Å². The Morgan fingerprint density at radius 1 is 1.16 bits per heavy atom. The van der Waals surface area contributed by atoms with Crippen LogP contribution in [0.4, 0.5) is 0 Å². The van der Waals surface area contributed by atoms with Crippen LogP contribution in [0.5, 0.6) is 0 Å². The lowest BCUT2D eigenvalue weighted by molar-refractivity contribution is -0.133. The average molecular weight is 280 g/mol. The summed E-state index contributed by atoms with van der Waals surface area (Å²) in [5.41, 5.74) is 0. The summed E-state index contributed by atoms with van der Waals surface area (Å²) in [6.45, 7) is 4.75. The molecule has 0 N–H and O–H groups in total. The predicted molar refractivity (Wildman–Crippen MR) is 76.1 cm³/mol. The van der Waals surface area contributed by atoms with E-state index >= 15 is 0 Å². The van der Waals surface area contributed by atoms with Crippen molar-refractivity contribution in [1.29, 1.82) is 0 Å². The second-order valence-electron chi connectivity index (χ2n) is 4.72. The average Bonchev–Trinajstić information content (AvgIpc) is 2.79. The first-order chi connectivity index (χ1) is 9.20. The van der Waals surface area contributed by atoms with Crippen molar-refractivity contribution in [1.82, 2.24) is 9.80 Å². The molecule has 0 aliphatic carbocycles. The van der Waals surface area contributed by atoms with E-state index in [1.807, 2.05) is 34.2 Å². The fourth-order valence-corrected chi connectivity index (χ4v) is 3.01. The van der Waals surface area contributed by atoms with Crippen molar-refractivity contribution in [2.75, 3.05) is 26.2 Å². The number of rotatable bonds is 3. The van der Waals surface area contributed by atoms with Gasteiger partial charge in [-0.05, 0) is 17.9 Å². The minimum Gasteiger partial charge on any atom is -0.341 e. The summed E-state index contributed by atoms with van der Waals surface area (Å²) in [4.78, 5) is 28.7. The number of amides is 2. The summed E-state index contributed by atoms with van der Waals surface area (Å²) >= 11 is 1.62. The molecule has 104 valence electrons. The van der Waals surface area contributed by atoms with E-state index in [1.165, 1.54) is 0 Å². The quantitative estimate of drug-likeness (QED) is 0.846. The van der Waals surface area contributed by atoms with E-state index in [0.29, 0.717) is 25.9 Å². The van der Waals surface area contributed by atoms with Crippen molar-refractivity contribution in [3.8, 4) is 0 Å². The Bertz CT molecular complexity index is 431. The minimum absolute atomic E-state index is 0.174. The van der Waals surface area contributed by atoms with Gasteiger partial charge in [-0.1, -0.05) is 13.0 Å². The smallest absolute Gasteiger partial charge is 0.227 e. The zero-order chi connectivity index (χ0) is 13.7.